The number of carbonyl (C=O) groups is 1. The molecular weight excluding hydrogens is 152 g/mol. The minimum atomic E-state index is 0.0562. The molecule has 2 fully saturated rings. The zero-order valence-corrected chi connectivity index (χ0v) is 7.58. The zero-order chi connectivity index (χ0) is 8.55. The van der Waals surface area contributed by atoms with Crippen LogP contribution in [-0.4, -0.2) is 12.6 Å². The third-order valence-corrected chi connectivity index (χ3v) is 3.46. The maximum atomic E-state index is 11.3. The molecule has 0 aromatic rings. The van der Waals surface area contributed by atoms with Gasteiger partial charge in [-0.3, -0.25) is 4.79 Å². The van der Waals surface area contributed by atoms with E-state index >= 15 is 0 Å². The van der Waals surface area contributed by atoms with Crippen molar-refractivity contribution < 1.29 is 9.53 Å². The van der Waals surface area contributed by atoms with Crippen LogP contribution in [0.2, 0.25) is 0 Å². The highest BCUT2D eigenvalue weighted by Crippen LogP contribution is 2.37. The molecule has 2 rings (SSSR count). The van der Waals surface area contributed by atoms with Crippen LogP contribution in [0.25, 0.3) is 0 Å². The minimum Gasteiger partial charge on any atom is -0.465 e. The summed E-state index contributed by atoms with van der Waals surface area (Å²) in [4.78, 5) is 11.3. The van der Waals surface area contributed by atoms with Gasteiger partial charge in [0.1, 0.15) is 0 Å². The molecule has 0 radical (unpaired) electrons. The molecule has 3 atom stereocenters. The summed E-state index contributed by atoms with van der Waals surface area (Å²) in [5.74, 6) is 1.48. The molecule has 1 heterocycles. The Morgan fingerprint density at radius 2 is 2.08 bits per heavy atom. The van der Waals surface area contributed by atoms with Crippen LogP contribution >= 0.6 is 0 Å². The fourth-order valence-electron chi connectivity index (χ4n) is 2.49. The van der Waals surface area contributed by atoms with E-state index in [-0.39, 0.29) is 11.9 Å². The second-order valence-corrected chi connectivity index (χ2v) is 4.14. The number of hydrogen-bond acceptors (Lipinski definition) is 2. The van der Waals surface area contributed by atoms with Crippen molar-refractivity contribution in [3.8, 4) is 0 Å². The van der Waals surface area contributed by atoms with Gasteiger partial charge in [-0.1, -0.05) is 19.8 Å². The molecule has 1 saturated heterocycles. The molecule has 0 aromatic heterocycles. The number of ether oxygens (including phenoxy) is 1. The third kappa shape index (κ3) is 1.23. The standard InChI is InChI=1S/C10H16O2/c1-7-8-4-2-3-5-9(7)10(11)12-6-8/h7-9H,2-6H2,1H3. The highest BCUT2D eigenvalue weighted by Gasteiger charge is 2.38. The smallest absolute Gasteiger partial charge is 0.309 e. The van der Waals surface area contributed by atoms with Gasteiger partial charge in [-0.05, 0) is 24.7 Å². The second kappa shape index (κ2) is 3.08. The van der Waals surface area contributed by atoms with Crippen molar-refractivity contribution in [2.24, 2.45) is 17.8 Å². The topological polar surface area (TPSA) is 26.3 Å². The Bertz CT molecular complexity index is 188. The van der Waals surface area contributed by atoms with Crippen LogP contribution in [0.4, 0.5) is 0 Å². The van der Waals surface area contributed by atoms with Crippen molar-refractivity contribution in [3.63, 3.8) is 0 Å². The maximum Gasteiger partial charge on any atom is 0.309 e. The Hall–Kier alpha value is -0.530. The van der Waals surface area contributed by atoms with Gasteiger partial charge < -0.3 is 4.74 Å². The molecule has 0 amide bonds. The summed E-state index contributed by atoms with van der Waals surface area (Å²) in [5.41, 5.74) is 0. The van der Waals surface area contributed by atoms with Gasteiger partial charge in [0.2, 0.25) is 0 Å². The first kappa shape index (κ1) is 8.09. The SMILES string of the molecule is CC1C2CCCCC1C(=O)OC2. The van der Waals surface area contributed by atoms with Crippen LogP contribution in [0.1, 0.15) is 32.6 Å². The highest BCUT2D eigenvalue weighted by molar-refractivity contribution is 5.73. The maximum absolute atomic E-state index is 11.3. The van der Waals surface area contributed by atoms with E-state index in [0.717, 1.165) is 6.42 Å². The first-order valence-electron chi connectivity index (χ1n) is 4.95. The molecule has 1 aliphatic heterocycles. The molecule has 2 nitrogen and oxygen atoms in total. The molecule has 2 bridgehead atoms. The average molecular weight is 168 g/mol. The van der Waals surface area contributed by atoms with Crippen LogP contribution in [0.5, 0.6) is 0 Å². The largest absolute Gasteiger partial charge is 0.465 e. The van der Waals surface area contributed by atoms with E-state index in [1.54, 1.807) is 0 Å². The average Bonchev–Trinajstić information content (AvgIpc) is 2.16. The number of esters is 1. The Morgan fingerprint density at radius 3 is 2.92 bits per heavy atom. The van der Waals surface area contributed by atoms with E-state index in [4.69, 9.17) is 4.74 Å². The van der Waals surface area contributed by atoms with Crippen LogP contribution in [0, 0.1) is 17.8 Å². The molecular formula is C10H16O2. The van der Waals surface area contributed by atoms with Gasteiger partial charge in [0.15, 0.2) is 0 Å². The van der Waals surface area contributed by atoms with E-state index in [9.17, 15) is 4.79 Å². The predicted octanol–water partition coefficient (Wildman–Crippen LogP) is 1.99. The first-order chi connectivity index (χ1) is 5.79. The minimum absolute atomic E-state index is 0.0562. The molecule has 68 valence electrons. The molecule has 12 heavy (non-hydrogen) atoms. The number of cyclic esters (lactones) is 1. The van der Waals surface area contributed by atoms with Gasteiger partial charge in [0.05, 0.1) is 12.5 Å². The molecule has 0 N–H and O–H groups in total. The Morgan fingerprint density at radius 1 is 1.33 bits per heavy atom. The predicted molar refractivity (Wildman–Crippen MR) is 45.6 cm³/mol. The third-order valence-electron chi connectivity index (χ3n) is 3.46. The van der Waals surface area contributed by atoms with Crippen LogP contribution in [0.3, 0.4) is 0 Å². The summed E-state index contributed by atoms with van der Waals surface area (Å²) in [6, 6.07) is 0. The van der Waals surface area contributed by atoms with Crippen molar-refractivity contribution in [2.75, 3.05) is 6.61 Å². The summed E-state index contributed by atoms with van der Waals surface area (Å²) < 4.78 is 5.16. The highest BCUT2D eigenvalue weighted by atomic mass is 16.5. The fourth-order valence-corrected chi connectivity index (χ4v) is 2.49. The van der Waals surface area contributed by atoms with E-state index < -0.39 is 0 Å². The van der Waals surface area contributed by atoms with Gasteiger partial charge in [-0.15, -0.1) is 0 Å². The number of fused-ring (bicyclic) bond motifs is 2. The first-order valence-corrected chi connectivity index (χ1v) is 4.95. The Kier molecular flexibility index (Phi) is 2.07. The van der Waals surface area contributed by atoms with Crippen LogP contribution in [0.15, 0.2) is 0 Å². The number of rotatable bonds is 0. The zero-order valence-electron chi connectivity index (χ0n) is 7.58. The van der Waals surface area contributed by atoms with Crippen molar-refractivity contribution in [3.05, 3.63) is 0 Å². The van der Waals surface area contributed by atoms with Crippen molar-refractivity contribution in [1.29, 1.82) is 0 Å². The van der Waals surface area contributed by atoms with Gasteiger partial charge in [0.25, 0.3) is 0 Å². The molecule has 0 aromatic carbocycles. The van der Waals surface area contributed by atoms with Gasteiger partial charge in [-0.2, -0.15) is 0 Å². The number of hydrogen-bond donors (Lipinski definition) is 0. The quantitative estimate of drug-likeness (QED) is 0.517. The van der Waals surface area contributed by atoms with Crippen molar-refractivity contribution in [1.82, 2.24) is 0 Å². The van der Waals surface area contributed by atoms with Gasteiger partial charge >= 0.3 is 5.97 Å². The molecule has 2 aliphatic rings. The Labute approximate surface area is 73.3 Å². The van der Waals surface area contributed by atoms with Gasteiger partial charge in [-0.25, -0.2) is 0 Å². The lowest BCUT2D eigenvalue weighted by atomic mass is 9.80. The van der Waals surface area contributed by atoms with Crippen LogP contribution < -0.4 is 0 Å². The lowest BCUT2D eigenvalue weighted by Gasteiger charge is -2.32. The summed E-state index contributed by atoms with van der Waals surface area (Å²) in [6.45, 7) is 2.89. The monoisotopic (exact) mass is 168 g/mol. The lowest BCUT2D eigenvalue weighted by molar-refractivity contribution is -0.160. The molecule has 0 spiro atoms. The molecule has 1 aliphatic carbocycles. The second-order valence-electron chi connectivity index (χ2n) is 4.14. The summed E-state index contributed by atoms with van der Waals surface area (Å²) in [7, 11) is 0. The van der Waals surface area contributed by atoms with E-state index in [2.05, 4.69) is 6.92 Å². The van der Waals surface area contributed by atoms with E-state index in [1.807, 2.05) is 0 Å². The summed E-state index contributed by atoms with van der Waals surface area (Å²) in [5, 5.41) is 0. The molecule has 3 unspecified atom stereocenters. The van der Waals surface area contributed by atoms with Crippen molar-refractivity contribution in [2.45, 2.75) is 32.6 Å². The van der Waals surface area contributed by atoms with Crippen molar-refractivity contribution >= 4 is 5.97 Å². The van der Waals surface area contributed by atoms with E-state index in [0.29, 0.717) is 18.4 Å². The van der Waals surface area contributed by atoms with E-state index in [1.165, 1.54) is 19.3 Å². The fraction of sp³-hybridized carbons (Fsp3) is 0.900. The lowest BCUT2D eigenvalue weighted by Crippen LogP contribution is -2.36. The normalized spacial score (nSPS) is 41.8. The summed E-state index contributed by atoms with van der Waals surface area (Å²) >= 11 is 0. The van der Waals surface area contributed by atoms with Crippen LogP contribution in [-0.2, 0) is 9.53 Å². The number of carbonyl (C=O) groups excluding carboxylic acids is 1. The Balaban J connectivity index is 2.16. The summed E-state index contributed by atoms with van der Waals surface area (Å²) in [6.07, 6.45) is 4.80. The molecule has 1 saturated carbocycles. The molecule has 2 heteroatoms. The van der Waals surface area contributed by atoms with Gasteiger partial charge in [0, 0.05) is 0 Å².